The molecular formula is C17H16ClN5O3S. The number of amides is 1. The van der Waals surface area contributed by atoms with Crippen LogP contribution in [0.5, 0.6) is 11.5 Å². The van der Waals surface area contributed by atoms with E-state index in [1.807, 2.05) is 6.92 Å². The van der Waals surface area contributed by atoms with Gasteiger partial charge in [-0.1, -0.05) is 23.4 Å². The van der Waals surface area contributed by atoms with Gasteiger partial charge in [0.05, 0.1) is 24.2 Å². The molecule has 0 aliphatic rings. The molecule has 0 fully saturated rings. The van der Waals surface area contributed by atoms with E-state index in [0.29, 0.717) is 27.3 Å². The number of aromatic hydroxyl groups is 1. The lowest BCUT2D eigenvalue weighted by molar-refractivity contribution is -0.113. The maximum atomic E-state index is 12.3. The molecule has 2 N–H and O–H groups in total. The van der Waals surface area contributed by atoms with Crippen LogP contribution in [0.15, 0.2) is 41.6 Å². The molecule has 0 bridgehead atoms. The van der Waals surface area contributed by atoms with Crippen molar-refractivity contribution in [1.82, 2.24) is 20.2 Å². The van der Waals surface area contributed by atoms with E-state index < -0.39 is 0 Å². The largest absolute Gasteiger partial charge is 0.508 e. The topological polar surface area (TPSA) is 102 Å². The van der Waals surface area contributed by atoms with Gasteiger partial charge < -0.3 is 15.2 Å². The molecule has 2 aromatic carbocycles. The number of benzene rings is 2. The molecule has 8 nitrogen and oxygen atoms in total. The van der Waals surface area contributed by atoms with Gasteiger partial charge >= 0.3 is 0 Å². The Balaban J connectivity index is 1.68. The zero-order valence-corrected chi connectivity index (χ0v) is 16.1. The maximum absolute atomic E-state index is 12.3. The highest BCUT2D eigenvalue weighted by molar-refractivity contribution is 7.99. The Morgan fingerprint density at radius 2 is 2.07 bits per heavy atom. The number of nitrogens with zero attached hydrogens (tertiary/aromatic N) is 4. The predicted octanol–water partition coefficient (Wildman–Crippen LogP) is 3.07. The molecule has 0 spiro atoms. The zero-order chi connectivity index (χ0) is 19.4. The molecule has 0 saturated carbocycles. The predicted molar refractivity (Wildman–Crippen MR) is 103 cm³/mol. The fourth-order valence-electron chi connectivity index (χ4n) is 2.27. The van der Waals surface area contributed by atoms with Crippen molar-refractivity contribution in [3.05, 3.63) is 47.0 Å². The van der Waals surface area contributed by atoms with Crippen molar-refractivity contribution in [2.24, 2.45) is 0 Å². The Morgan fingerprint density at radius 3 is 2.78 bits per heavy atom. The van der Waals surface area contributed by atoms with Gasteiger partial charge in [0.25, 0.3) is 0 Å². The second kappa shape index (κ2) is 8.28. The Hall–Kier alpha value is -2.78. The summed E-state index contributed by atoms with van der Waals surface area (Å²) in [5.41, 5.74) is 2.05. The van der Waals surface area contributed by atoms with Crippen LogP contribution in [0, 0.1) is 6.92 Å². The third-order valence-corrected chi connectivity index (χ3v) is 4.95. The average Bonchev–Trinajstić information content (AvgIpc) is 3.12. The molecule has 0 atom stereocenters. The van der Waals surface area contributed by atoms with Crippen molar-refractivity contribution in [1.29, 1.82) is 0 Å². The number of hydrogen-bond acceptors (Lipinski definition) is 7. The molecule has 1 amide bonds. The molecule has 27 heavy (non-hydrogen) atoms. The molecule has 3 rings (SSSR count). The van der Waals surface area contributed by atoms with Crippen molar-refractivity contribution in [2.45, 2.75) is 12.1 Å². The van der Waals surface area contributed by atoms with Gasteiger partial charge in [-0.25, -0.2) is 0 Å². The molecule has 1 aromatic heterocycles. The number of tetrazole rings is 1. The number of methoxy groups -OCH3 is 1. The van der Waals surface area contributed by atoms with E-state index in [9.17, 15) is 9.90 Å². The summed E-state index contributed by atoms with van der Waals surface area (Å²) in [7, 11) is 1.51. The van der Waals surface area contributed by atoms with Crippen LogP contribution in [0.3, 0.4) is 0 Å². The SMILES string of the molecule is COc1cc(Cl)c(C)cc1NC(=O)CSc1nnnn1-c1ccc(O)cc1. The van der Waals surface area contributed by atoms with E-state index in [0.717, 1.165) is 5.56 Å². The van der Waals surface area contributed by atoms with Crippen molar-refractivity contribution in [2.75, 3.05) is 18.2 Å². The van der Waals surface area contributed by atoms with Gasteiger partial charge in [-0.2, -0.15) is 4.68 Å². The first-order valence-electron chi connectivity index (χ1n) is 7.82. The van der Waals surface area contributed by atoms with Crippen molar-refractivity contribution >= 4 is 35.0 Å². The quantitative estimate of drug-likeness (QED) is 0.607. The standard InChI is InChI=1S/C17H16ClN5O3S/c1-10-7-14(15(26-2)8-13(10)18)19-16(25)9-27-17-20-21-22-23(17)11-3-5-12(24)6-4-11/h3-8,24H,9H2,1-2H3,(H,19,25). The highest BCUT2D eigenvalue weighted by Crippen LogP contribution is 2.31. The summed E-state index contributed by atoms with van der Waals surface area (Å²) >= 11 is 7.26. The van der Waals surface area contributed by atoms with Gasteiger partial charge in [-0.3, -0.25) is 4.79 Å². The number of carbonyl (C=O) groups excluding carboxylic acids is 1. The summed E-state index contributed by atoms with van der Waals surface area (Å²) in [6, 6.07) is 9.84. The number of halogens is 1. The van der Waals surface area contributed by atoms with Crippen LogP contribution in [0.2, 0.25) is 5.02 Å². The van der Waals surface area contributed by atoms with E-state index in [2.05, 4.69) is 20.8 Å². The summed E-state index contributed by atoms with van der Waals surface area (Å²) in [5, 5.41) is 24.7. The van der Waals surface area contributed by atoms with Crippen LogP contribution in [-0.4, -0.2) is 44.1 Å². The lowest BCUT2D eigenvalue weighted by atomic mass is 10.2. The smallest absolute Gasteiger partial charge is 0.234 e. The van der Waals surface area contributed by atoms with Gasteiger partial charge in [-0.05, 0) is 53.2 Å². The molecule has 140 valence electrons. The summed E-state index contributed by atoms with van der Waals surface area (Å²) in [6.45, 7) is 1.85. The zero-order valence-electron chi connectivity index (χ0n) is 14.5. The number of aromatic nitrogens is 4. The van der Waals surface area contributed by atoms with Gasteiger partial charge in [0, 0.05) is 11.1 Å². The van der Waals surface area contributed by atoms with Crippen molar-refractivity contribution < 1.29 is 14.6 Å². The van der Waals surface area contributed by atoms with Crippen molar-refractivity contribution in [3.8, 4) is 17.2 Å². The van der Waals surface area contributed by atoms with E-state index in [1.54, 1.807) is 24.3 Å². The third-order valence-electron chi connectivity index (χ3n) is 3.62. The molecule has 10 heteroatoms. The Bertz CT molecular complexity index is 962. The van der Waals surface area contributed by atoms with Crippen LogP contribution in [0.1, 0.15) is 5.56 Å². The number of phenols is 1. The normalized spacial score (nSPS) is 10.6. The Kier molecular flexibility index (Phi) is 5.82. The number of anilines is 1. The number of rotatable bonds is 6. The molecule has 3 aromatic rings. The first-order chi connectivity index (χ1) is 13.0. The number of thioether (sulfide) groups is 1. The van der Waals surface area contributed by atoms with Crippen LogP contribution in [-0.2, 0) is 4.79 Å². The van der Waals surface area contributed by atoms with Gasteiger partial charge in [0.2, 0.25) is 11.1 Å². The highest BCUT2D eigenvalue weighted by Gasteiger charge is 2.14. The molecule has 0 aliphatic heterocycles. The first-order valence-corrected chi connectivity index (χ1v) is 9.19. The number of nitrogens with one attached hydrogen (secondary N) is 1. The summed E-state index contributed by atoms with van der Waals surface area (Å²) in [5.74, 6) is 0.495. The van der Waals surface area contributed by atoms with Gasteiger partial charge in [-0.15, -0.1) is 5.10 Å². The van der Waals surface area contributed by atoms with Crippen LogP contribution in [0.4, 0.5) is 5.69 Å². The molecule has 0 unspecified atom stereocenters. The third kappa shape index (κ3) is 4.50. The van der Waals surface area contributed by atoms with E-state index in [-0.39, 0.29) is 17.4 Å². The second-order valence-electron chi connectivity index (χ2n) is 5.53. The molecule has 0 saturated heterocycles. The van der Waals surface area contributed by atoms with E-state index in [1.165, 1.54) is 35.7 Å². The van der Waals surface area contributed by atoms with E-state index >= 15 is 0 Å². The van der Waals surface area contributed by atoms with Crippen LogP contribution >= 0.6 is 23.4 Å². The monoisotopic (exact) mass is 405 g/mol. The molecule has 1 heterocycles. The van der Waals surface area contributed by atoms with E-state index in [4.69, 9.17) is 16.3 Å². The number of aryl methyl sites for hydroxylation is 1. The first kappa shape index (κ1) is 19.0. The fourth-order valence-corrected chi connectivity index (χ4v) is 3.12. The summed E-state index contributed by atoms with van der Waals surface area (Å²) in [4.78, 5) is 12.3. The number of phenolic OH excluding ortho intramolecular Hbond substituents is 1. The van der Waals surface area contributed by atoms with Crippen molar-refractivity contribution in [3.63, 3.8) is 0 Å². The Morgan fingerprint density at radius 1 is 1.33 bits per heavy atom. The minimum atomic E-state index is -0.236. The molecular weight excluding hydrogens is 390 g/mol. The fraction of sp³-hybridized carbons (Fsp3) is 0.176. The maximum Gasteiger partial charge on any atom is 0.234 e. The van der Waals surface area contributed by atoms with Gasteiger partial charge in [0.15, 0.2) is 0 Å². The number of ether oxygens (including phenoxy) is 1. The lowest BCUT2D eigenvalue weighted by Crippen LogP contribution is -2.15. The number of carbonyl (C=O) groups is 1. The van der Waals surface area contributed by atoms with Crippen LogP contribution < -0.4 is 10.1 Å². The minimum absolute atomic E-state index is 0.100. The second-order valence-corrected chi connectivity index (χ2v) is 6.88. The highest BCUT2D eigenvalue weighted by atomic mass is 35.5. The summed E-state index contributed by atoms with van der Waals surface area (Å²) < 4.78 is 6.75. The lowest BCUT2D eigenvalue weighted by Gasteiger charge is -2.12. The minimum Gasteiger partial charge on any atom is -0.508 e. The average molecular weight is 406 g/mol. The molecule has 0 aliphatic carbocycles. The van der Waals surface area contributed by atoms with Crippen LogP contribution in [0.25, 0.3) is 5.69 Å². The van der Waals surface area contributed by atoms with Gasteiger partial charge in [0.1, 0.15) is 11.5 Å². The summed E-state index contributed by atoms with van der Waals surface area (Å²) in [6.07, 6.45) is 0. The molecule has 0 radical (unpaired) electrons. The number of hydrogen-bond donors (Lipinski definition) is 2. The Labute approximate surface area is 164 Å².